The molecule has 0 radical (unpaired) electrons. The SMILES string of the molecule is CCC(NCCc1cccc(C)c1)C1CC1. The molecule has 0 heterocycles. The fourth-order valence-corrected chi connectivity index (χ4v) is 2.41. The summed E-state index contributed by atoms with van der Waals surface area (Å²) < 4.78 is 0. The molecule has 0 bridgehead atoms. The predicted octanol–water partition coefficient (Wildman–Crippen LogP) is 3.32. The Bertz CT molecular complexity index is 328. The maximum Gasteiger partial charge on any atom is 0.00928 e. The first-order valence-electron chi connectivity index (χ1n) is 6.58. The Hall–Kier alpha value is -0.820. The molecule has 1 atom stereocenters. The summed E-state index contributed by atoms with van der Waals surface area (Å²) >= 11 is 0. The van der Waals surface area contributed by atoms with E-state index >= 15 is 0 Å². The third-order valence-electron chi connectivity index (χ3n) is 3.53. The minimum Gasteiger partial charge on any atom is -0.313 e. The quantitative estimate of drug-likeness (QED) is 0.771. The summed E-state index contributed by atoms with van der Waals surface area (Å²) in [5, 5.41) is 3.70. The molecule has 0 aliphatic heterocycles. The smallest absolute Gasteiger partial charge is 0.00928 e. The number of rotatable bonds is 6. The van der Waals surface area contributed by atoms with Crippen LogP contribution in [0.5, 0.6) is 0 Å². The van der Waals surface area contributed by atoms with Crippen LogP contribution in [0.25, 0.3) is 0 Å². The van der Waals surface area contributed by atoms with Crippen LogP contribution in [0.1, 0.15) is 37.3 Å². The number of hydrogen-bond donors (Lipinski definition) is 1. The number of benzene rings is 1. The fraction of sp³-hybridized carbons (Fsp3) is 0.600. The highest BCUT2D eigenvalue weighted by molar-refractivity contribution is 5.22. The molecule has 1 aromatic rings. The average Bonchev–Trinajstić information content (AvgIpc) is 3.08. The van der Waals surface area contributed by atoms with Crippen molar-refractivity contribution in [3.8, 4) is 0 Å². The van der Waals surface area contributed by atoms with Gasteiger partial charge in [-0.2, -0.15) is 0 Å². The molecule has 2 rings (SSSR count). The third kappa shape index (κ3) is 3.34. The highest BCUT2D eigenvalue weighted by Gasteiger charge is 2.29. The fourth-order valence-electron chi connectivity index (χ4n) is 2.41. The highest BCUT2D eigenvalue weighted by atomic mass is 14.9. The molecule has 0 aromatic heterocycles. The minimum absolute atomic E-state index is 0.768. The van der Waals surface area contributed by atoms with E-state index in [0.29, 0.717) is 0 Å². The second-order valence-electron chi connectivity index (χ2n) is 5.05. The van der Waals surface area contributed by atoms with Gasteiger partial charge in [-0.05, 0) is 50.6 Å². The van der Waals surface area contributed by atoms with Gasteiger partial charge in [-0.25, -0.2) is 0 Å². The van der Waals surface area contributed by atoms with E-state index in [1.54, 1.807) is 0 Å². The molecular formula is C15H23N. The molecule has 0 spiro atoms. The van der Waals surface area contributed by atoms with Crippen molar-refractivity contribution in [3.63, 3.8) is 0 Å². The van der Waals surface area contributed by atoms with Crippen molar-refractivity contribution in [2.24, 2.45) is 5.92 Å². The van der Waals surface area contributed by atoms with Crippen LogP contribution in [0.2, 0.25) is 0 Å². The Morgan fingerprint density at radius 1 is 1.38 bits per heavy atom. The van der Waals surface area contributed by atoms with E-state index in [9.17, 15) is 0 Å². The van der Waals surface area contributed by atoms with Crippen molar-refractivity contribution in [2.75, 3.05) is 6.54 Å². The molecule has 1 unspecified atom stereocenters. The van der Waals surface area contributed by atoms with E-state index < -0.39 is 0 Å². The van der Waals surface area contributed by atoms with Gasteiger partial charge >= 0.3 is 0 Å². The summed E-state index contributed by atoms with van der Waals surface area (Å²) in [5.74, 6) is 0.975. The standard InChI is InChI=1S/C15H23N/c1-3-15(14-7-8-14)16-10-9-13-6-4-5-12(2)11-13/h4-6,11,14-16H,3,7-10H2,1-2H3. The molecule has 88 valence electrons. The molecule has 1 aliphatic carbocycles. The normalized spacial score (nSPS) is 17.4. The summed E-state index contributed by atoms with van der Waals surface area (Å²) in [5.41, 5.74) is 2.82. The van der Waals surface area contributed by atoms with Gasteiger partial charge in [0.05, 0.1) is 0 Å². The first-order chi connectivity index (χ1) is 7.79. The van der Waals surface area contributed by atoms with Gasteiger partial charge in [0.1, 0.15) is 0 Å². The first-order valence-corrected chi connectivity index (χ1v) is 6.58. The van der Waals surface area contributed by atoms with E-state index in [-0.39, 0.29) is 0 Å². The monoisotopic (exact) mass is 217 g/mol. The Morgan fingerprint density at radius 3 is 2.81 bits per heavy atom. The Balaban J connectivity index is 1.74. The van der Waals surface area contributed by atoms with Gasteiger partial charge in [-0.1, -0.05) is 36.8 Å². The lowest BCUT2D eigenvalue weighted by Crippen LogP contribution is -2.32. The number of hydrogen-bond acceptors (Lipinski definition) is 1. The van der Waals surface area contributed by atoms with Crippen LogP contribution in [-0.4, -0.2) is 12.6 Å². The van der Waals surface area contributed by atoms with E-state index in [0.717, 1.165) is 24.9 Å². The average molecular weight is 217 g/mol. The number of nitrogens with one attached hydrogen (secondary N) is 1. The summed E-state index contributed by atoms with van der Waals surface area (Å²) in [6, 6.07) is 9.61. The maximum absolute atomic E-state index is 3.70. The van der Waals surface area contributed by atoms with E-state index in [4.69, 9.17) is 0 Å². The summed E-state index contributed by atoms with van der Waals surface area (Å²) in [4.78, 5) is 0. The zero-order chi connectivity index (χ0) is 11.4. The van der Waals surface area contributed by atoms with Crippen LogP contribution < -0.4 is 5.32 Å². The lowest BCUT2D eigenvalue weighted by Gasteiger charge is -2.16. The highest BCUT2D eigenvalue weighted by Crippen LogP contribution is 2.33. The summed E-state index contributed by atoms with van der Waals surface area (Å²) in [6.07, 6.45) is 5.31. The lowest BCUT2D eigenvalue weighted by atomic mass is 10.1. The van der Waals surface area contributed by atoms with Gasteiger partial charge in [0.15, 0.2) is 0 Å². The van der Waals surface area contributed by atoms with Crippen LogP contribution >= 0.6 is 0 Å². The summed E-state index contributed by atoms with van der Waals surface area (Å²) in [6.45, 7) is 5.58. The van der Waals surface area contributed by atoms with E-state index in [1.807, 2.05) is 0 Å². The first kappa shape index (κ1) is 11.7. The van der Waals surface area contributed by atoms with Crippen molar-refractivity contribution in [3.05, 3.63) is 35.4 Å². The van der Waals surface area contributed by atoms with Crippen LogP contribution in [0.4, 0.5) is 0 Å². The van der Waals surface area contributed by atoms with Crippen molar-refractivity contribution in [1.82, 2.24) is 5.32 Å². The second-order valence-corrected chi connectivity index (χ2v) is 5.05. The van der Waals surface area contributed by atoms with Gasteiger partial charge in [0, 0.05) is 6.04 Å². The van der Waals surface area contributed by atoms with Gasteiger partial charge in [-0.3, -0.25) is 0 Å². The molecular weight excluding hydrogens is 194 g/mol. The Kier molecular flexibility index (Phi) is 4.00. The van der Waals surface area contributed by atoms with Gasteiger partial charge < -0.3 is 5.32 Å². The van der Waals surface area contributed by atoms with Crippen LogP contribution in [0, 0.1) is 12.8 Å². The van der Waals surface area contributed by atoms with Crippen molar-refractivity contribution >= 4 is 0 Å². The summed E-state index contributed by atoms with van der Waals surface area (Å²) in [7, 11) is 0. The van der Waals surface area contributed by atoms with Gasteiger partial charge in [-0.15, -0.1) is 0 Å². The molecule has 1 N–H and O–H groups in total. The Labute approximate surface area is 99.3 Å². The molecule has 0 saturated heterocycles. The zero-order valence-electron chi connectivity index (χ0n) is 10.5. The Morgan fingerprint density at radius 2 is 2.19 bits per heavy atom. The topological polar surface area (TPSA) is 12.0 Å². The molecule has 1 heteroatoms. The van der Waals surface area contributed by atoms with Crippen LogP contribution in [0.3, 0.4) is 0 Å². The van der Waals surface area contributed by atoms with Crippen LogP contribution in [-0.2, 0) is 6.42 Å². The zero-order valence-corrected chi connectivity index (χ0v) is 10.5. The van der Waals surface area contributed by atoms with E-state index in [1.165, 1.54) is 30.4 Å². The molecule has 1 fully saturated rings. The lowest BCUT2D eigenvalue weighted by molar-refractivity contribution is 0.453. The van der Waals surface area contributed by atoms with Crippen molar-refractivity contribution < 1.29 is 0 Å². The molecule has 1 saturated carbocycles. The second kappa shape index (κ2) is 5.49. The van der Waals surface area contributed by atoms with Crippen LogP contribution in [0.15, 0.2) is 24.3 Å². The van der Waals surface area contributed by atoms with Crippen molar-refractivity contribution in [1.29, 1.82) is 0 Å². The largest absolute Gasteiger partial charge is 0.313 e. The maximum atomic E-state index is 3.70. The predicted molar refractivity (Wildman–Crippen MR) is 69.7 cm³/mol. The molecule has 0 amide bonds. The van der Waals surface area contributed by atoms with Crippen molar-refractivity contribution in [2.45, 2.75) is 45.6 Å². The van der Waals surface area contributed by atoms with E-state index in [2.05, 4.69) is 43.4 Å². The third-order valence-corrected chi connectivity index (χ3v) is 3.53. The minimum atomic E-state index is 0.768. The van der Waals surface area contributed by atoms with Gasteiger partial charge in [0.25, 0.3) is 0 Å². The molecule has 1 nitrogen and oxygen atoms in total. The number of aryl methyl sites for hydroxylation is 1. The molecule has 1 aliphatic rings. The molecule has 16 heavy (non-hydrogen) atoms. The van der Waals surface area contributed by atoms with Gasteiger partial charge in [0.2, 0.25) is 0 Å². The molecule has 1 aromatic carbocycles.